The molecule has 0 spiro atoms. The third kappa shape index (κ3) is 5.28. The van der Waals surface area contributed by atoms with E-state index in [4.69, 9.17) is 5.11 Å². The van der Waals surface area contributed by atoms with Crippen LogP contribution in [-0.2, 0) is 4.79 Å². The fraction of sp³-hybridized carbons (Fsp3) is 0.385. The minimum Gasteiger partial charge on any atom is -0.480 e. The molecular formula is C13H14I3NO3. The quantitative estimate of drug-likeness (QED) is 0.408. The minimum atomic E-state index is -0.991. The maximum absolute atomic E-state index is 12.6. The standard InChI is InChI=1S/C13H14I3NO3/c1-7(2)5-17(6-11(18)19)13(20)9-3-8(14)4-10(15)12(9)16/h3-4,7H,5-6H2,1-2H3,(H,18,19). The minimum absolute atomic E-state index is 0.220. The lowest BCUT2D eigenvalue weighted by molar-refractivity contribution is -0.137. The maximum Gasteiger partial charge on any atom is 0.323 e. The van der Waals surface area contributed by atoms with E-state index in [1.165, 1.54) is 4.90 Å². The van der Waals surface area contributed by atoms with Crippen molar-refractivity contribution in [2.75, 3.05) is 13.1 Å². The molecule has 0 aliphatic rings. The lowest BCUT2D eigenvalue weighted by Crippen LogP contribution is -2.38. The summed E-state index contributed by atoms with van der Waals surface area (Å²) in [5.74, 6) is -0.992. The van der Waals surface area contributed by atoms with Crippen LogP contribution in [0.5, 0.6) is 0 Å². The Morgan fingerprint density at radius 3 is 2.35 bits per heavy atom. The van der Waals surface area contributed by atoms with Crippen molar-refractivity contribution in [3.8, 4) is 0 Å². The number of hydrogen-bond donors (Lipinski definition) is 1. The van der Waals surface area contributed by atoms with Gasteiger partial charge in [0, 0.05) is 17.3 Å². The summed E-state index contributed by atoms with van der Waals surface area (Å²) in [7, 11) is 0. The molecule has 20 heavy (non-hydrogen) atoms. The van der Waals surface area contributed by atoms with E-state index in [0.29, 0.717) is 12.1 Å². The molecule has 0 fully saturated rings. The topological polar surface area (TPSA) is 57.6 Å². The summed E-state index contributed by atoms with van der Waals surface area (Å²) in [6.45, 7) is 4.09. The first-order valence-corrected chi connectivity index (χ1v) is 9.11. The van der Waals surface area contributed by atoms with E-state index < -0.39 is 5.97 Å². The summed E-state index contributed by atoms with van der Waals surface area (Å²) < 4.78 is 2.83. The number of halogens is 3. The zero-order chi connectivity index (χ0) is 15.4. The highest BCUT2D eigenvalue weighted by Crippen LogP contribution is 2.24. The number of carboxylic acids is 1. The van der Waals surface area contributed by atoms with Crippen molar-refractivity contribution in [1.82, 2.24) is 4.90 Å². The predicted octanol–water partition coefficient (Wildman–Crippen LogP) is 3.68. The van der Waals surface area contributed by atoms with Gasteiger partial charge in [-0.1, -0.05) is 13.8 Å². The summed E-state index contributed by atoms with van der Waals surface area (Å²) in [6, 6.07) is 3.80. The fourth-order valence-corrected chi connectivity index (χ4v) is 4.09. The van der Waals surface area contributed by atoms with E-state index >= 15 is 0 Å². The van der Waals surface area contributed by atoms with Crippen LogP contribution in [0.2, 0.25) is 0 Å². The molecule has 0 atom stereocenters. The molecule has 1 N–H and O–H groups in total. The molecular weight excluding hydrogens is 599 g/mol. The number of rotatable bonds is 5. The number of carbonyl (C=O) groups excluding carboxylic acids is 1. The van der Waals surface area contributed by atoms with Gasteiger partial charge in [0.1, 0.15) is 6.54 Å². The molecule has 0 aliphatic carbocycles. The van der Waals surface area contributed by atoms with Crippen molar-refractivity contribution in [3.05, 3.63) is 28.4 Å². The number of benzene rings is 1. The van der Waals surface area contributed by atoms with Gasteiger partial charge < -0.3 is 10.0 Å². The first kappa shape index (κ1) is 18.4. The molecule has 110 valence electrons. The molecule has 0 aromatic heterocycles. The number of nitrogens with zero attached hydrogens (tertiary/aromatic N) is 1. The van der Waals surface area contributed by atoms with Gasteiger partial charge in [-0.05, 0) is 85.8 Å². The molecule has 1 aromatic rings. The van der Waals surface area contributed by atoms with Crippen LogP contribution in [-0.4, -0.2) is 35.0 Å². The van der Waals surface area contributed by atoms with Crippen molar-refractivity contribution in [2.45, 2.75) is 13.8 Å². The normalized spacial score (nSPS) is 10.7. The molecule has 0 bridgehead atoms. The first-order valence-electron chi connectivity index (χ1n) is 5.88. The Morgan fingerprint density at radius 1 is 1.25 bits per heavy atom. The number of aliphatic carboxylic acids is 1. The highest BCUT2D eigenvalue weighted by Gasteiger charge is 2.22. The lowest BCUT2D eigenvalue weighted by atomic mass is 10.1. The average Bonchev–Trinajstić information content (AvgIpc) is 2.30. The van der Waals surface area contributed by atoms with Crippen LogP contribution in [0, 0.1) is 16.6 Å². The summed E-state index contributed by atoms with van der Waals surface area (Å²) >= 11 is 6.48. The number of amides is 1. The summed E-state index contributed by atoms with van der Waals surface area (Å²) in [5.41, 5.74) is 0.573. The Hall–Kier alpha value is 0.350. The lowest BCUT2D eigenvalue weighted by Gasteiger charge is -2.23. The van der Waals surface area contributed by atoms with Crippen LogP contribution in [0.4, 0.5) is 0 Å². The molecule has 0 unspecified atom stereocenters. The predicted molar refractivity (Wildman–Crippen MR) is 103 cm³/mol. The second-order valence-corrected chi connectivity index (χ2v) is 8.21. The third-order valence-corrected chi connectivity index (χ3v) is 6.09. The Balaban J connectivity index is 3.14. The third-order valence-electron chi connectivity index (χ3n) is 2.42. The number of carboxylic acid groups (broad SMARTS) is 1. The van der Waals surface area contributed by atoms with Gasteiger partial charge in [0.2, 0.25) is 0 Å². The van der Waals surface area contributed by atoms with Crippen molar-refractivity contribution in [3.63, 3.8) is 0 Å². The second-order valence-electron chi connectivity index (χ2n) is 4.72. The maximum atomic E-state index is 12.6. The average molecular weight is 613 g/mol. The molecule has 0 heterocycles. The Bertz CT molecular complexity index is 532. The van der Waals surface area contributed by atoms with Gasteiger partial charge in [-0.15, -0.1) is 0 Å². The summed E-state index contributed by atoms with van der Waals surface area (Å²) in [6.07, 6.45) is 0. The van der Waals surface area contributed by atoms with E-state index in [9.17, 15) is 9.59 Å². The fourth-order valence-electron chi connectivity index (χ4n) is 1.71. The smallest absolute Gasteiger partial charge is 0.323 e. The summed E-state index contributed by atoms with van der Waals surface area (Å²) in [4.78, 5) is 24.9. The Labute approximate surface area is 159 Å². The van der Waals surface area contributed by atoms with Crippen LogP contribution >= 0.6 is 67.8 Å². The van der Waals surface area contributed by atoms with Crippen LogP contribution in [0.3, 0.4) is 0 Å². The first-order chi connectivity index (χ1) is 9.22. The van der Waals surface area contributed by atoms with Gasteiger partial charge in [-0.3, -0.25) is 9.59 Å². The van der Waals surface area contributed by atoms with Crippen molar-refractivity contribution >= 4 is 79.6 Å². The van der Waals surface area contributed by atoms with Gasteiger partial charge in [0.05, 0.1) is 5.56 Å². The monoisotopic (exact) mass is 613 g/mol. The molecule has 1 rings (SSSR count). The van der Waals surface area contributed by atoms with Crippen LogP contribution < -0.4 is 0 Å². The molecule has 0 radical (unpaired) electrons. The largest absolute Gasteiger partial charge is 0.480 e. The molecule has 1 amide bonds. The number of hydrogen-bond acceptors (Lipinski definition) is 2. The van der Waals surface area contributed by atoms with Gasteiger partial charge in [-0.25, -0.2) is 0 Å². The van der Waals surface area contributed by atoms with E-state index in [2.05, 4.69) is 67.8 Å². The SMILES string of the molecule is CC(C)CN(CC(=O)O)C(=O)c1cc(I)cc(I)c1I. The van der Waals surface area contributed by atoms with Crippen molar-refractivity contribution in [2.24, 2.45) is 5.92 Å². The highest BCUT2D eigenvalue weighted by molar-refractivity contribution is 14.1. The van der Waals surface area contributed by atoms with E-state index in [-0.39, 0.29) is 18.4 Å². The van der Waals surface area contributed by atoms with Crippen molar-refractivity contribution in [1.29, 1.82) is 0 Å². The van der Waals surface area contributed by atoms with E-state index in [0.717, 1.165) is 10.7 Å². The van der Waals surface area contributed by atoms with Gasteiger partial charge in [0.15, 0.2) is 0 Å². The highest BCUT2D eigenvalue weighted by atomic mass is 127. The molecule has 7 heteroatoms. The van der Waals surface area contributed by atoms with E-state index in [1.54, 1.807) is 0 Å². The Kier molecular flexibility index (Phi) is 7.46. The zero-order valence-corrected chi connectivity index (χ0v) is 17.5. The Morgan fingerprint density at radius 2 is 1.85 bits per heavy atom. The van der Waals surface area contributed by atoms with E-state index in [1.807, 2.05) is 26.0 Å². The molecule has 0 saturated heterocycles. The van der Waals surface area contributed by atoms with Crippen LogP contribution in [0.1, 0.15) is 24.2 Å². The summed E-state index contributed by atoms with van der Waals surface area (Å²) in [5, 5.41) is 8.97. The second kappa shape index (κ2) is 8.11. The molecule has 4 nitrogen and oxygen atoms in total. The zero-order valence-electron chi connectivity index (χ0n) is 11.0. The van der Waals surface area contributed by atoms with Crippen LogP contribution in [0.15, 0.2) is 12.1 Å². The molecule has 0 aliphatic heterocycles. The van der Waals surface area contributed by atoms with Crippen molar-refractivity contribution < 1.29 is 14.7 Å². The van der Waals surface area contributed by atoms with Gasteiger partial charge >= 0.3 is 5.97 Å². The number of carbonyl (C=O) groups is 2. The van der Waals surface area contributed by atoms with Crippen LogP contribution in [0.25, 0.3) is 0 Å². The molecule has 1 aromatic carbocycles. The van der Waals surface area contributed by atoms with Gasteiger partial charge in [0.25, 0.3) is 5.91 Å². The van der Waals surface area contributed by atoms with Gasteiger partial charge in [-0.2, -0.15) is 0 Å². The molecule has 0 saturated carbocycles.